The van der Waals surface area contributed by atoms with E-state index in [9.17, 15) is 0 Å². The van der Waals surface area contributed by atoms with Gasteiger partial charge in [-0.25, -0.2) is 4.99 Å². The summed E-state index contributed by atoms with van der Waals surface area (Å²) in [6.07, 6.45) is 0.637. The van der Waals surface area contributed by atoms with Crippen LogP contribution in [0.3, 0.4) is 0 Å². The highest BCUT2D eigenvalue weighted by Gasteiger charge is 1.99. The third-order valence-electron chi connectivity index (χ3n) is 1.81. The second-order valence-corrected chi connectivity index (χ2v) is 2.95. The summed E-state index contributed by atoms with van der Waals surface area (Å²) in [5.74, 6) is 2.43. The minimum Gasteiger partial charge on any atom is -0.207 e. The van der Waals surface area contributed by atoms with Crippen molar-refractivity contribution in [2.24, 2.45) is 4.99 Å². The molecule has 0 radical (unpaired) electrons. The van der Waals surface area contributed by atoms with Crippen molar-refractivity contribution in [3.63, 3.8) is 0 Å². The maximum Gasteiger partial charge on any atom is 0.0735 e. The van der Waals surface area contributed by atoms with Crippen molar-refractivity contribution in [2.45, 2.75) is 12.8 Å². The molecule has 1 aromatic rings. The summed E-state index contributed by atoms with van der Waals surface area (Å²) in [7, 11) is 0. The van der Waals surface area contributed by atoms with E-state index >= 15 is 0 Å². The summed E-state index contributed by atoms with van der Waals surface area (Å²) >= 11 is 0. The molecule has 3 nitrogen and oxygen atoms in total. The number of benzene rings is 1. The van der Waals surface area contributed by atoms with E-state index < -0.39 is 0 Å². The van der Waals surface area contributed by atoms with E-state index in [1.54, 1.807) is 12.1 Å². The van der Waals surface area contributed by atoms with E-state index in [4.69, 9.17) is 10.5 Å². The number of hydrogen-bond acceptors (Lipinski definition) is 3. The molecule has 1 aromatic carbocycles. The highest BCUT2D eigenvalue weighted by molar-refractivity contribution is 5.57. The van der Waals surface area contributed by atoms with Gasteiger partial charge in [-0.2, -0.15) is 10.5 Å². The lowest BCUT2D eigenvalue weighted by Gasteiger charge is -2.01. The molecule has 15 heavy (non-hydrogen) atoms. The molecular formula is C12H9N3. The zero-order chi connectivity index (χ0) is 11.1. The fourth-order valence-electron chi connectivity index (χ4n) is 1.29. The molecule has 72 valence electrons. The van der Waals surface area contributed by atoms with Crippen LogP contribution in [0.2, 0.25) is 0 Å². The lowest BCUT2D eigenvalue weighted by atomic mass is 10.1. The normalized spacial score (nSPS) is 8.40. The SMILES string of the molecule is C=C=Nc1cc(CC#N)cc(CC#N)c1. The van der Waals surface area contributed by atoms with Crippen LogP contribution in [0.5, 0.6) is 0 Å². The van der Waals surface area contributed by atoms with Crippen molar-refractivity contribution in [1.82, 2.24) is 0 Å². The van der Waals surface area contributed by atoms with Crippen LogP contribution in [-0.2, 0) is 12.8 Å². The van der Waals surface area contributed by atoms with Crippen LogP contribution in [0.25, 0.3) is 0 Å². The van der Waals surface area contributed by atoms with E-state index in [2.05, 4.69) is 29.6 Å². The van der Waals surface area contributed by atoms with Crippen molar-refractivity contribution >= 4 is 11.6 Å². The minimum absolute atomic E-state index is 0.318. The predicted molar refractivity (Wildman–Crippen MR) is 57.8 cm³/mol. The summed E-state index contributed by atoms with van der Waals surface area (Å²) in [4.78, 5) is 3.91. The number of aliphatic imine (C=N–C) groups is 1. The van der Waals surface area contributed by atoms with Crippen LogP contribution in [-0.4, -0.2) is 5.87 Å². The molecular weight excluding hydrogens is 186 g/mol. The topological polar surface area (TPSA) is 59.9 Å². The quantitative estimate of drug-likeness (QED) is 0.695. The van der Waals surface area contributed by atoms with Crippen LogP contribution in [0.4, 0.5) is 5.69 Å². The van der Waals surface area contributed by atoms with Gasteiger partial charge in [0, 0.05) is 0 Å². The van der Waals surface area contributed by atoms with Crippen LogP contribution < -0.4 is 0 Å². The lowest BCUT2D eigenvalue weighted by Crippen LogP contribution is -1.87. The maximum absolute atomic E-state index is 8.59. The fourth-order valence-corrected chi connectivity index (χ4v) is 1.29. The maximum atomic E-state index is 8.59. The van der Waals surface area contributed by atoms with Crippen LogP contribution in [0.1, 0.15) is 11.1 Å². The zero-order valence-corrected chi connectivity index (χ0v) is 8.20. The molecule has 1 rings (SSSR count). The minimum atomic E-state index is 0.318. The van der Waals surface area contributed by atoms with Crippen molar-refractivity contribution in [2.75, 3.05) is 0 Å². The van der Waals surface area contributed by atoms with Gasteiger partial charge in [-0.05, 0) is 35.7 Å². The summed E-state index contributed by atoms with van der Waals surface area (Å²) in [6, 6.07) is 9.55. The first-order valence-corrected chi connectivity index (χ1v) is 4.39. The second-order valence-electron chi connectivity index (χ2n) is 2.95. The molecule has 0 heterocycles. The third-order valence-corrected chi connectivity index (χ3v) is 1.81. The van der Waals surface area contributed by atoms with Gasteiger partial charge in [-0.3, -0.25) is 0 Å². The van der Waals surface area contributed by atoms with Gasteiger partial charge < -0.3 is 0 Å². The molecule has 0 bridgehead atoms. The summed E-state index contributed by atoms with van der Waals surface area (Å²) in [6.45, 7) is 3.39. The Morgan fingerprint density at radius 2 is 1.60 bits per heavy atom. The van der Waals surface area contributed by atoms with Gasteiger partial charge >= 0.3 is 0 Å². The van der Waals surface area contributed by atoms with E-state index in [0.717, 1.165) is 11.1 Å². The molecule has 0 N–H and O–H groups in total. The Morgan fingerprint density at radius 1 is 1.07 bits per heavy atom. The molecule has 0 saturated heterocycles. The van der Waals surface area contributed by atoms with Crippen LogP contribution >= 0.6 is 0 Å². The number of rotatable bonds is 3. The Kier molecular flexibility index (Phi) is 3.86. The first-order chi connectivity index (χ1) is 7.30. The van der Waals surface area contributed by atoms with E-state index in [1.807, 2.05) is 6.07 Å². The van der Waals surface area contributed by atoms with Gasteiger partial charge in [0.2, 0.25) is 0 Å². The molecule has 0 unspecified atom stereocenters. The lowest BCUT2D eigenvalue weighted by molar-refractivity contribution is 1.20. The van der Waals surface area contributed by atoms with Gasteiger partial charge in [-0.15, -0.1) is 0 Å². The molecule has 0 saturated carbocycles. The van der Waals surface area contributed by atoms with E-state index in [-0.39, 0.29) is 0 Å². The molecule has 0 aliphatic rings. The Morgan fingerprint density at radius 3 is 2.00 bits per heavy atom. The van der Waals surface area contributed by atoms with Gasteiger partial charge in [0.1, 0.15) is 0 Å². The summed E-state index contributed by atoms with van der Waals surface area (Å²) in [5, 5.41) is 17.2. The highest BCUT2D eigenvalue weighted by Crippen LogP contribution is 2.18. The van der Waals surface area contributed by atoms with Crippen molar-refractivity contribution in [3.05, 3.63) is 35.9 Å². The molecule has 0 fully saturated rings. The third kappa shape index (κ3) is 3.12. The van der Waals surface area contributed by atoms with Crippen molar-refractivity contribution < 1.29 is 0 Å². The monoisotopic (exact) mass is 195 g/mol. The first-order valence-electron chi connectivity index (χ1n) is 4.39. The standard InChI is InChI=1S/C12H9N3/c1-2-15-12-8-10(3-5-13)7-11(9-12)4-6-14/h7-9H,1,3-4H2. The van der Waals surface area contributed by atoms with E-state index in [0.29, 0.717) is 18.5 Å². The van der Waals surface area contributed by atoms with Crippen molar-refractivity contribution in [1.29, 1.82) is 10.5 Å². The Balaban J connectivity index is 3.15. The zero-order valence-electron chi connectivity index (χ0n) is 8.20. The molecule has 0 aliphatic heterocycles. The first kappa shape index (κ1) is 10.7. The van der Waals surface area contributed by atoms with E-state index in [1.165, 1.54) is 0 Å². The smallest absolute Gasteiger partial charge is 0.0735 e. The predicted octanol–water partition coefficient (Wildman–Crippen LogP) is 2.31. The largest absolute Gasteiger partial charge is 0.207 e. The van der Waals surface area contributed by atoms with Gasteiger partial charge in [0.25, 0.3) is 0 Å². The number of nitrogens with zero attached hydrogens (tertiary/aromatic N) is 3. The van der Waals surface area contributed by atoms with Crippen LogP contribution in [0, 0.1) is 22.7 Å². The highest BCUT2D eigenvalue weighted by atomic mass is 14.7. The fraction of sp³-hybridized carbons (Fsp3) is 0.167. The molecule has 0 amide bonds. The Bertz CT molecular complexity index is 448. The Hall–Kier alpha value is -2.35. The second kappa shape index (κ2) is 5.40. The van der Waals surface area contributed by atoms with Gasteiger partial charge in [0.15, 0.2) is 0 Å². The average Bonchev–Trinajstić information content (AvgIpc) is 2.19. The molecule has 0 aliphatic carbocycles. The Labute approximate surface area is 88.6 Å². The van der Waals surface area contributed by atoms with Crippen molar-refractivity contribution in [3.8, 4) is 12.1 Å². The van der Waals surface area contributed by atoms with Crippen LogP contribution in [0.15, 0.2) is 29.8 Å². The van der Waals surface area contributed by atoms with Gasteiger partial charge in [-0.1, -0.05) is 6.07 Å². The summed E-state index contributed by atoms with van der Waals surface area (Å²) in [5.41, 5.74) is 2.40. The molecule has 0 aromatic heterocycles. The molecule has 0 atom stereocenters. The summed E-state index contributed by atoms with van der Waals surface area (Å²) < 4.78 is 0. The number of hydrogen-bond donors (Lipinski definition) is 0. The molecule has 3 heteroatoms. The number of nitriles is 2. The molecule has 0 spiro atoms. The van der Waals surface area contributed by atoms with Gasteiger partial charge in [0.05, 0.1) is 30.7 Å². The average molecular weight is 195 g/mol.